The normalized spacial score (nSPS) is 15.6. The van der Waals surface area contributed by atoms with E-state index in [1.54, 1.807) is 4.90 Å². The molecule has 0 aliphatic carbocycles. The van der Waals surface area contributed by atoms with Crippen molar-refractivity contribution in [2.75, 3.05) is 13.6 Å². The molecule has 2 aromatic rings. The highest BCUT2D eigenvalue weighted by molar-refractivity contribution is 6.02. The van der Waals surface area contributed by atoms with Gasteiger partial charge in [0.15, 0.2) is 0 Å². The standard InChI is InChI=1S/C13H14N2O/c1-8-3-4-11-10(7-8)9-5-6-15(2)13(16)12(9)14-11/h3-4,7,14H,5-6H2,1-2H3. The molecule has 1 N–H and O–H groups in total. The van der Waals surface area contributed by atoms with Crippen molar-refractivity contribution >= 4 is 16.8 Å². The molecule has 1 aliphatic rings. The molecule has 0 bridgehead atoms. The fourth-order valence-electron chi connectivity index (χ4n) is 2.38. The van der Waals surface area contributed by atoms with Crippen molar-refractivity contribution in [3.8, 4) is 0 Å². The summed E-state index contributed by atoms with van der Waals surface area (Å²) in [6.45, 7) is 2.89. The summed E-state index contributed by atoms with van der Waals surface area (Å²) in [6.07, 6.45) is 0.945. The molecule has 1 amide bonds. The number of likely N-dealkylation sites (N-methyl/N-ethyl adjacent to an activating group) is 1. The summed E-state index contributed by atoms with van der Waals surface area (Å²) < 4.78 is 0. The molecular weight excluding hydrogens is 200 g/mol. The van der Waals surface area contributed by atoms with Gasteiger partial charge in [0.1, 0.15) is 5.69 Å². The molecule has 0 spiro atoms. The van der Waals surface area contributed by atoms with E-state index in [0.29, 0.717) is 0 Å². The van der Waals surface area contributed by atoms with Crippen molar-refractivity contribution in [3.05, 3.63) is 35.0 Å². The smallest absolute Gasteiger partial charge is 0.270 e. The maximum absolute atomic E-state index is 12.0. The van der Waals surface area contributed by atoms with Gasteiger partial charge >= 0.3 is 0 Å². The van der Waals surface area contributed by atoms with Crippen LogP contribution < -0.4 is 0 Å². The fraction of sp³-hybridized carbons (Fsp3) is 0.308. The predicted molar refractivity (Wildman–Crippen MR) is 63.7 cm³/mol. The molecule has 0 saturated carbocycles. The minimum absolute atomic E-state index is 0.107. The number of hydrogen-bond acceptors (Lipinski definition) is 1. The Balaban J connectivity index is 2.31. The van der Waals surface area contributed by atoms with E-state index in [1.807, 2.05) is 7.05 Å². The average Bonchev–Trinajstić information content (AvgIpc) is 2.62. The Morgan fingerprint density at radius 2 is 2.19 bits per heavy atom. The SMILES string of the molecule is Cc1ccc2[nH]c3c(c2c1)CCN(C)C3=O. The first-order valence-electron chi connectivity index (χ1n) is 5.53. The van der Waals surface area contributed by atoms with Gasteiger partial charge in [0, 0.05) is 24.5 Å². The molecule has 1 aromatic carbocycles. The van der Waals surface area contributed by atoms with Crippen molar-refractivity contribution in [2.45, 2.75) is 13.3 Å². The van der Waals surface area contributed by atoms with E-state index < -0.39 is 0 Å². The Morgan fingerprint density at radius 1 is 1.38 bits per heavy atom. The van der Waals surface area contributed by atoms with Crippen LogP contribution in [0.2, 0.25) is 0 Å². The van der Waals surface area contributed by atoms with Crippen molar-refractivity contribution in [2.24, 2.45) is 0 Å². The number of H-pyrrole nitrogens is 1. The summed E-state index contributed by atoms with van der Waals surface area (Å²) in [7, 11) is 1.85. The summed E-state index contributed by atoms with van der Waals surface area (Å²) in [4.78, 5) is 17.0. The van der Waals surface area contributed by atoms with E-state index in [2.05, 4.69) is 30.1 Å². The number of fused-ring (bicyclic) bond motifs is 3. The molecule has 2 heterocycles. The molecule has 1 aliphatic heterocycles. The molecule has 3 rings (SSSR count). The van der Waals surface area contributed by atoms with Crippen LogP contribution in [0.5, 0.6) is 0 Å². The highest BCUT2D eigenvalue weighted by Gasteiger charge is 2.25. The first-order chi connectivity index (χ1) is 7.66. The molecule has 0 atom stereocenters. The van der Waals surface area contributed by atoms with Crippen LogP contribution in [-0.2, 0) is 6.42 Å². The fourth-order valence-corrected chi connectivity index (χ4v) is 2.38. The number of carbonyl (C=O) groups is 1. The Morgan fingerprint density at radius 3 is 3.00 bits per heavy atom. The van der Waals surface area contributed by atoms with Crippen molar-refractivity contribution in [1.29, 1.82) is 0 Å². The van der Waals surface area contributed by atoms with E-state index in [0.717, 1.165) is 24.2 Å². The second-order valence-corrected chi connectivity index (χ2v) is 4.50. The van der Waals surface area contributed by atoms with Gasteiger partial charge in [-0.15, -0.1) is 0 Å². The van der Waals surface area contributed by atoms with Crippen LogP contribution in [0.4, 0.5) is 0 Å². The van der Waals surface area contributed by atoms with Crippen LogP contribution in [0.3, 0.4) is 0 Å². The summed E-state index contributed by atoms with van der Waals surface area (Å²) in [5.74, 6) is 0.107. The van der Waals surface area contributed by atoms with Gasteiger partial charge < -0.3 is 9.88 Å². The first-order valence-corrected chi connectivity index (χ1v) is 5.53. The second-order valence-electron chi connectivity index (χ2n) is 4.50. The van der Waals surface area contributed by atoms with Gasteiger partial charge in [0.05, 0.1) is 0 Å². The zero-order chi connectivity index (χ0) is 11.3. The summed E-state index contributed by atoms with van der Waals surface area (Å²) in [5, 5.41) is 1.21. The summed E-state index contributed by atoms with van der Waals surface area (Å²) in [6, 6.07) is 6.28. The largest absolute Gasteiger partial charge is 0.350 e. The Kier molecular flexibility index (Phi) is 1.84. The topological polar surface area (TPSA) is 36.1 Å². The van der Waals surface area contributed by atoms with Crippen molar-refractivity contribution in [1.82, 2.24) is 9.88 Å². The third kappa shape index (κ3) is 1.18. The number of rotatable bonds is 0. The third-order valence-corrected chi connectivity index (χ3v) is 3.32. The minimum atomic E-state index is 0.107. The number of aromatic amines is 1. The zero-order valence-electron chi connectivity index (χ0n) is 9.50. The molecular formula is C13H14N2O. The van der Waals surface area contributed by atoms with Crippen LogP contribution in [0.1, 0.15) is 21.6 Å². The molecule has 16 heavy (non-hydrogen) atoms. The van der Waals surface area contributed by atoms with Crippen LogP contribution in [-0.4, -0.2) is 29.4 Å². The zero-order valence-corrected chi connectivity index (χ0v) is 9.50. The lowest BCUT2D eigenvalue weighted by Gasteiger charge is -2.22. The molecule has 3 nitrogen and oxygen atoms in total. The molecule has 82 valence electrons. The predicted octanol–water partition coefficient (Wildman–Crippen LogP) is 2.10. The quantitative estimate of drug-likeness (QED) is 0.716. The summed E-state index contributed by atoms with van der Waals surface area (Å²) in [5.41, 5.74) is 4.26. The number of nitrogens with zero attached hydrogens (tertiary/aromatic N) is 1. The maximum Gasteiger partial charge on any atom is 0.270 e. The lowest BCUT2D eigenvalue weighted by molar-refractivity contribution is 0.0776. The number of nitrogens with one attached hydrogen (secondary N) is 1. The van der Waals surface area contributed by atoms with Crippen LogP contribution in [0, 0.1) is 6.92 Å². The van der Waals surface area contributed by atoms with E-state index in [4.69, 9.17) is 0 Å². The Labute approximate surface area is 94.1 Å². The van der Waals surface area contributed by atoms with E-state index in [9.17, 15) is 4.79 Å². The molecule has 3 heteroatoms. The van der Waals surface area contributed by atoms with Gasteiger partial charge in [-0.25, -0.2) is 0 Å². The Hall–Kier alpha value is -1.77. The highest BCUT2D eigenvalue weighted by atomic mass is 16.2. The molecule has 0 fully saturated rings. The summed E-state index contributed by atoms with van der Waals surface area (Å²) >= 11 is 0. The van der Waals surface area contributed by atoms with Gasteiger partial charge in [0.25, 0.3) is 5.91 Å². The van der Waals surface area contributed by atoms with Gasteiger partial charge in [-0.1, -0.05) is 11.6 Å². The van der Waals surface area contributed by atoms with E-state index in [1.165, 1.54) is 16.5 Å². The number of benzene rings is 1. The number of carbonyl (C=O) groups excluding carboxylic acids is 1. The van der Waals surface area contributed by atoms with Crippen LogP contribution in [0.25, 0.3) is 10.9 Å². The van der Waals surface area contributed by atoms with Gasteiger partial charge in [-0.3, -0.25) is 4.79 Å². The van der Waals surface area contributed by atoms with Crippen LogP contribution >= 0.6 is 0 Å². The lowest BCUT2D eigenvalue weighted by atomic mass is 10.0. The monoisotopic (exact) mass is 214 g/mol. The highest BCUT2D eigenvalue weighted by Crippen LogP contribution is 2.27. The lowest BCUT2D eigenvalue weighted by Crippen LogP contribution is -2.33. The van der Waals surface area contributed by atoms with Gasteiger partial charge in [-0.2, -0.15) is 0 Å². The van der Waals surface area contributed by atoms with Gasteiger partial charge in [-0.05, 0) is 31.0 Å². The third-order valence-electron chi connectivity index (χ3n) is 3.32. The van der Waals surface area contributed by atoms with E-state index >= 15 is 0 Å². The molecule has 0 unspecified atom stereocenters. The minimum Gasteiger partial charge on any atom is -0.350 e. The number of hydrogen-bond donors (Lipinski definition) is 1. The average molecular weight is 214 g/mol. The molecule has 0 saturated heterocycles. The van der Waals surface area contributed by atoms with Crippen molar-refractivity contribution < 1.29 is 4.79 Å². The van der Waals surface area contributed by atoms with Crippen LogP contribution in [0.15, 0.2) is 18.2 Å². The molecule has 0 radical (unpaired) electrons. The second kappa shape index (κ2) is 3.11. The first kappa shape index (κ1) is 9.46. The number of aryl methyl sites for hydroxylation is 1. The maximum atomic E-state index is 12.0. The number of aromatic nitrogens is 1. The number of amides is 1. The Bertz CT molecular complexity index is 583. The van der Waals surface area contributed by atoms with Gasteiger partial charge in [0.2, 0.25) is 0 Å². The molecule has 1 aromatic heterocycles. The van der Waals surface area contributed by atoms with Crippen molar-refractivity contribution in [3.63, 3.8) is 0 Å². The van der Waals surface area contributed by atoms with E-state index in [-0.39, 0.29) is 5.91 Å².